The Morgan fingerprint density at radius 1 is 1.06 bits per heavy atom. The second-order valence-corrected chi connectivity index (χ2v) is 11.3. The molecular formula is C27H42O9. The lowest BCUT2D eigenvalue weighted by Gasteiger charge is -2.44. The topological polar surface area (TPSA) is 121 Å². The minimum Gasteiger partial charge on any atom is -0.461 e. The first kappa shape index (κ1) is 30.3. The van der Waals surface area contributed by atoms with Gasteiger partial charge in [-0.05, 0) is 66.5 Å². The summed E-state index contributed by atoms with van der Waals surface area (Å²) >= 11 is 0. The van der Waals surface area contributed by atoms with Gasteiger partial charge in [-0.1, -0.05) is 11.8 Å². The van der Waals surface area contributed by atoms with E-state index >= 15 is 0 Å². The minimum absolute atomic E-state index is 0.136. The number of carbonyl (C=O) groups excluding carboxylic acids is 2. The van der Waals surface area contributed by atoms with E-state index in [9.17, 15) is 19.8 Å². The first-order valence-corrected chi connectivity index (χ1v) is 12.4. The van der Waals surface area contributed by atoms with Crippen molar-refractivity contribution in [3.63, 3.8) is 0 Å². The Morgan fingerprint density at radius 3 is 2.33 bits per heavy atom. The SMILES string of the molecule is COC(C#CC[C@H]1O[C@H]2CCCO[C@@H]2[C@@H](O)[C@@H]1O)/C=C/[C@@H](COC(=O)C(C)(C)C)OC(=O)C(C)(C)C. The van der Waals surface area contributed by atoms with Gasteiger partial charge in [-0.15, -0.1) is 0 Å². The summed E-state index contributed by atoms with van der Waals surface area (Å²) in [5.41, 5.74) is -1.42. The molecule has 2 fully saturated rings. The highest BCUT2D eigenvalue weighted by molar-refractivity contribution is 5.76. The number of fused-ring (bicyclic) bond motifs is 1. The molecule has 2 rings (SSSR count). The first-order chi connectivity index (χ1) is 16.7. The summed E-state index contributed by atoms with van der Waals surface area (Å²) < 4.78 is 27.8. The second-order valence-electron chi connectivity index (χ2n) is 11.3. The number of methoxy groups -OCH3 is 1. The monoisotopic (exact) mass is 510 g/mol. The summed E-state index contributed by atoms with van der Waals surface area (Å²) in [7, 11) is 1.49. The van der Waals surface area contributed by atoms with Crippen LogP contribution in [0.3, 0.4) is 0 Å². The van der Waals surface area contributed by atoms with Crippen molar-refractivity contribution < 1.29 is 43.5 Å². The largest absolute Gasteiger partial charge is 0.461 e. The molecule has 0 aromatic rings. The van der Waals surface area contributed by atoms with E-state index in [1.165, 1.54) is 7.11 Å². The number of esters is 2. The molecule has 2 saturated heterocycles. The summed E-state index contributed by atoms with van der Waals surface area (Å²) in [6, 6.07) is 0. The lowest BCUT2D eigenvalue weighted by atomic mass is 9.90. The molecule has 2 aliphatic rings. The third-order valence-corrected chi connectivity index (χ3v) is 5.89. The predicted octanol–water partition coefficient (Wildman–Crippen LogP) is 2.17. The number of hydrogen-bond acceptors (Lipinski definition) is 9. The van der Waals surface area contributed by atoms with Crippen molar-refractivity contribution in [1.82, 2.24) is 0 Å². The molecule has 2 N–H and O–H groups in total. The molecule has 36 heavy (non-hydrogen) atoms. The molecule has 0 bridgehead atoms. The van der Waals surface area contributed by atoms with E-state index in [0.717, 1.165) is 12.8 Å². The molecule has 9 nitrogen and oxygen atoms in total. The lowest BCUT2D eigenvalue weighted by Crippen LogP contribution is -2.59. The van der Waals surface area contributed by atoms with E-state index in [0.29, 0.717) is 6.61 Å². The fourth-order valence-electron chi connectivity index (χ4n) is 3.62. The Balaban J connectivity index is 2.03. The van der Waals surface area contributed by atoms with Gasteiger partial charge in [0.15, 0.2) is 6.10 Å². The third-order valence-electron chi connectivity index (χ3n) is 5.89. The maximum atomic E-state index is 12.4. The third kappa shape index (κ3) is 8.86. The fraction of sp³-hybridized carbons (Fsp3) is 0.778. The Kier molecular flexibility index (Phi) is 10.9. The zero-order chi connectivity index (χ0) is 27.1. The van der Waals surface area contributed by atoms with Crippen LogP contribution in [0.15, 0.2) is 12.2 Å². The van der Waals surface area contributed by atoms with E-state index in [2.05, 4.69) is 11.8 Å². The molecule has 2 aliphatic heterocycles. The number of aliphatic hydroxyl groups is 2. The zero-order valence-electron chi connectivity index (χ0n) is 22.5. The number of ether oxygens (including phenoxy) is 5. The number of carbonyl (C=O) groups is 2. The Morgan fingerprint density at radius 2 is 1.72 bits per heavy atom. The molecule has 0 aliphatic carbocycles. The van der Waals surface area contributed by atoms with Crippen molar-refractivity contribution in [1.29, 1.82) is 0 Å². The average Bonchev–Trinajstić information content (AvgIpc) is 2.80. The molecule has 2 heterocycles. The van der Waals surface area contributed by atoms with Crippen molar-refractivity contribution in [3.05, 3.63) is 12.2 Å². The Hall–Kier alpha value is -1.96. The molecule has 7 atom stereocenters. The number of rotatable bonds is 7. The smallest absolute Gasteiger partial charge is 0.311 e. The van der Waals surface area contributed by atoms with E-state index < -0.39 is 59.4 Å². The maximum Gasteiger partial charge on any atom is 0.311 e. The molecule has 204 valence electrons. The summed E-state index contributed by atoms with van der Waals surface area (Å²) in [5, 5.41) is 20.8. The van der Waals surface area contributed by atoms with Crippen molar-refractivity contribution in [2.75, 3.05) is 20.3 Å². The van der Waals surface area contributed by atoms with Crippen LogP contribution >= 0.6 is 0 Å². The second kappa shape index (κ2) is 13.0. The van der Waals surface area contributed by atoms with Crippen LogP contribution in [0, 0.1) is 22.7 Å². The molecule has 0 aromatic carbocycles. The standard InChI is InChI=1S/C27H42O9/c1-26(2,3)24(30)34-16-18(35-25(31)27(4,5)6)14-13-17(32-7)10-8-11-19-21(28)22(29)23-20(36-19)12-9-15-33-23/h13-14,17-23,28-29H,9,11-12,15-16H2,1-7H3/b14-13+/t17?,18-,19+,20-,21+,22-,23-/m0/s1. The van der Waals surface area contributed by atoms with Crippen LogP contribution in [0.5, 0.6) is 0 Å². The van der Waals surface area contributed by atoms with Crippen LogP contribution in [0.2, 0.25) is 0 Å². The van der Waals surface area contributed by atoms with Gasteiger partial charge in [0.2, 0.25) is 0 Å². The highest BCUT2D eigenvalue weighted by atomic mass is 16.6. The highest BCUT2D eigenvalue weighted by Gasteiger charge is 2.45. The van der Waals surface area contributed by atoms with Crippen molar-refractivity contribution in [2.45, 2.75) is 104 Å². The van der Waals surface area contributed by atoms with Gasteiger partial charge in [-0.25, -0.2) is 0 Å². The first-order valence-electron chi connectivity index (χ1n) is 12.4. The zero-order valence-corrected chi connectivity index (χ0v) is 22.5. The van der Waals surface area contributed by atoms with Gasteiger partial charge in [-0.2, -0.15) is 0 Å². The van der Waals surface area contributed by atoms with Crippen LogP contribution in [-0.4, -0.2) is 85.2 Å². The van der Waals surface area contributed by atoms with Crippen molar-refractivity contribution in [2.24, 2.45) is 10.8 Å². The van der Waals surface area contributed by atoms with Crippen molar-refractivity contribution >= 4 is 11.9 Å². The van der Waals surface area contributed by atoms with Gasteiger partial charge < -0.3 is 33.9 Å². The average molecular weight is 511 g/mol. The van der Waals surface area contributed by atoms with Gasteiger partial charge in [0.1, 0.15) is 31.0 Å². The summed E-state index contributed by atoms with van der Waals surface area (Å²) in [6.07, 6.45) is -0.0179. The molecule has 1 unspecified atom stereocenters. The van der Waals surface area contributed by atoms with Crippen LogP contribution < -0.4 is 0 Å². The van der Waals surface area contributed by atoms with Crippen LogP contribution in [0.4, 0.5) is 0 Å². The molecule has 0 saturated carbocycles. The summed E-state index contributed by atoms with van der Waals surface area (Å²) in [4.78, 5) is 24.6. The molecule has 9 heteroatoms. The Bertz CT molecular complexity index is 825. The summed E-state index contributed by atoms with van der Waals surface area (Å²) in [6.45, 7) is 10.8. The summed E-state index contributed by atoms with van der Waals surface area (Å²) in [5.74, 6) is 5.05. The van der Waals surface area contributed by atoms with E-state index in [-0.39, 0.29) is 19.1 Å². The lowest BCUT2D eigenvalue weighted by molar-refractivity contribution is -0.247. The van der Waals surface area contributed by atoms with E-state index in [1.54, 1.807) is 53.7 Å². The van der Waals surface area contributed by atoms with Gasteiger partial charge in [0, 0.05) is 20.1 Å². The van der Waals surface area contributed by atoms with Gasteiger partial charge >= 0.3 is 11.9 Å². The quantitative estimate of drug-likeness (QED) is 0.301. The maximum absolute atomic E-state index is 12.4. The van der Waals surface area contributed by atoms with Gasteiger partial charge in [0.25, 0.3) is 0 Å². The molecule has 0 aromatic heterocycles. The molecule has 0 spiro atoms. The van der Waals surface area contributed by atoms with Crippen LogP contribution in [0.25, 0.3) is 0 Å². The Labute approximate surface area is 214 Å². The van der Waals surface area contributed by atoms with Crippen LogP contribution in [-0.2, 0) is 33.3 Å². The minimum atomic E-state index is -1.10. The van der Waals surface area contributed by atoms with Gasteiger partial charge in [-0.3, -0.25) is 9.59 Å². The van der Waals surface area contributed by atoms with Crippen molar-refractivity contribution in [3.8, 4) is 11.8 Å². The number of hydrogen-bond donors (Lipinski definition) is 2. The number of aliphatic hydroxyl groups excluding tert-OH is 2. The van der Waals surface area contributed by atoms with Crippen LogP contribution in [0.1, 0.15) is 60.8 Å². The van der Waals surface area contributed by atoms with E-state index in [4.69, 9.17) is 23.7 Å². The normalized spacial score (nSPS) is 28.4. The van der Waals surface area contributed by atoms with Gasteiger partial charge in [0.05, 0.1) is 23.0 Å². The highest BCUT2D eigenvalue weighted by Crippen LogP contribution is 2.30. The predicted molar refractivity (Wildman–Crippen MR) is 132 cm³/mol. The van der Waals surface area contributed by atoms with E-state index in [1.807, 2.05) is 0 Å². The molecule has 0 radical (unpaired) electrons. The fourth-order valence-corrected chi connectivity index (χ4v) is 3.62. The molecular weight excluding hydrogens is 468 g/mol. The molecule has 0 amide bonds.